The molecule has 0 radical (unpaired) electrons. The van der Waals surface area contributed by atoms with E-state index in [-0.39, 0.29) is 17.9 Å². The molecule has 0 unspecified atom stereocenters. The van der Waals surface area contributed by atoms with Gasteiger partial charge in [0.2, 0.25) is 0 Å². The minimum absolute atomic E-state index is 0.0430. The van der Waals surface area contributed by atoms with E-state index in [1.54, 1.807) is 12.1 Å². The zero-order valence-electron chi connectivity index (χ0n) is 18.5. The molecule has 0 bridgehead atoms. The van der Waals surface area contributed by atoms with Crippen molar-refractivity contribution in [1.82, 2.24) is 13.9 Å². The van der Waals surface area contributed by atoms with E-state index in [4.69, 9.17) is 9.47 Å². The topological polar surface area (TPSA) is 108 Å². The Morgan fingerprint density at radius 1 is 1.09 bits per heavy atom. The number of hydrogen-bond donors (Lipinski definition) is 0. The highest BCUT2D eigenvalue weighted by atomic mass is 32.2. The van der Waals surface area contributed by atoms with Gasteiger partial charge in [-0.3, -0.25) is 4.90 Å². The molecule has 0 aliphatic rings. The standard InChI is InChI=1S/C23H25N3O6S/c1-17-9-11-20(12-10-17)33(29,30)26-14-19(24-16-26)13-21(22(27)31-3)25(2)23(28)32-15-18-7-5-4-6-8-18/h4-12,14,16,21H,13,15H2,1-3H3/t21-/m0/s1. The molecular formula is C23H25N3O6S. The van der Waals surface area contributed by atoms with Crippen LogP contribution in [0.3, 0.4) is 0 Å². The van der Waals surface area contributed by atoms with Crippen LogP contribution in [0, 0.1) is 6.92 Å². The van der Waals surface area contributed by atoms with Crippen molar-refractivity contribution in [1.29, 1.82) is 0 Å². The Morgan fingerprint density at radius 2 is 1.76 bits per heavy atom. The molecule has 0 saturated heterocycles. The van der Waals surface area contributed by atoms with Gasteiger partial charge in [-0.15, -0.1) is 0 Å². The molecule has 9 nitrogen and oxygen atoms in total. The van der Waals surface area contributed by atoms with Crippen LogP contribution in [0.4, 0.5) is 4.79 Å². The number of aryl methyl sites for hydroxylation is 1. The van der Waals surface area contributed by atoms with Gasteiger partial charge >= 0.3 is 12.1 Å². The molecule has 0 saturated carbocycles. The van der Waals surface area contributed by atoms with Crippen LogP contribution in [0.2, 0.25) is 0 Å². The average molecular weight is 472 g/mol. The van der Waals surface area contributed by atoms with Crippen molar-refractivity contribution in [2.45, 2.75) is 30.9 Å². The van der Waals surface area contributed by atoms with Crippen LogP contribution in [0.25, 0.3) is 0 Å². The number of rotatable bonds is 8. The molecule has 174 valence electrons. The van der Waals surface area contributed by atoms with Crippen LogP contribution in [0.15, 0.2) is 72.0 Å². The van der Waals surface area contributed by atoms with E-state index < -0.39 is 28.1 Å². The summed E-state index contributed by atoms with van der Waals surface area (Å²) < 4.78 is 36.8. The zero-order chi connectivity index (χ0) is 24.0. The number of benzene rings is 2. The molecular weight excluding hydrogens is 446 g/mol. The average Bonchev–Trinajstić information content (AvgIpc) is 3.30. The second-order valence-electron chi connectivity index (χ2n) is 7.41. The van der Waals surface area contributed by atoms with Crippen molar-refractivity contribution in [2.75, 3.05) is 14.2 Å². The van der Waals surface area contributed by atoms with Crippen LogP contribution < -0.4 is 0 Å². The molecule has 0 aliphatic heterocycles. The highest BCUT2D eigenvalue weighted by Crippen LogP contribution is 2.17. The Hall–Kier alpha value is -3.66. The smallest absolute Gasteiger partial charge is 0.410 e. The van der Waals surface area contributed by atoms with Gasteiger partial charge in [0, 0.05) is 19.7 Å². The Morgan fingerprint density at radius 3 is 2.39 bits per heavy atom. The molecule has 0 spiro atoms. The molecule has 1 heterocycles. The summed E-state index contributed by atoms with van der Waals surface area (Å²) in [6.07, 6.45) is 1.70. The normalized spacial score (nSPS) is 12.1. The molecule has 1 amide bonds. The number of aromatic nitrogens is 2. The molecule has 33 heavy (non-hydrogen) atoms. The van der Waals surface area contributed by atoms with Crippen molar-refractivity contribution in [2.24, 2.45) is 0 Å². The second-order valence-corrected chi connectivity index (χ2v) is 9.25. The first-order valence-electron chi connectivity index (χ1n) is 10.1. The van der Waals surface area contributed by atoms with Gasteiger partial charge in [-0.05, 0) is 24.6 Å². The number of amides is 1. The molecule has 0 fully saturated rings. The van der Waals surface area contributed by atoms with Gasteiger partial charge in [0.05, 0.1) is 17.7 Å². The number of hydrogen-bond acceptors (Lipinski definition) is 7. The SMILES string of the molecule is COC(=O)[C@H](Cc1cn(S(=O)(=O)c2ccc(C)cc2)cn1)N(C)C(=O)OCc1ccccc1. The third-order valence-electron chi connectivity index (χ3n) is 5.05. The molecule has 3 rings (SSSR count). The Kier molecular flexibility index (Phi) is 7.49. The maximum atomic E-state index is 12.8. The van der Waals surface area contributed by atoms with Gasteiger partial charge in [-0.1, -0.05) is 48.0 Å². The molecule has 1 atom stereocenters. The molecule has 0 N–H and O–H groups in total. The maximum Gasteiger partial charge on any atom is 0.410 e. The zero-order valence-corrected chi connectivity index (χ0v) is 19.4. The summed E-state index contributed by atoms with van der Waals surface area (Å²) in [5.41, 5.74) is 2.03. The first-order chi connectivity index (χ1) is 15.7. The van der Waals surface area contributed by atoms with Crippen molar-refractivity contribution in [3.8, 4) is 0 Å². The summed E-state index contributed by atoms with van der Waals surface area (Å²) in [6, 6.07) is 14.5. The fraction of sp³-hybridized carbons (Fsp3) is 0.261. The van der Waals surface area contributed by atoms with Gasteiger partial charge in [0.1, 0.15) is 19.0 Å². The molecule has 0 aliphatic carbocycles. The van der Waals surface area contributed by atoms with Gasteiger partial charge in [-0.2, -0.15) is 0 Å². The summed E-state index contributed by atoms with van der Waals surface area (Å²) >= 11 is 0. The predicted octanol–water partition coefficient (Wildman–Crippen LogP) is 2.78. The fourth-order valence-corrected chi connectivity index (χ4v) is 4.23. The number of imidazole rings is 1. The Bertz CT molecular complexity index is 1210. The van der Waals surface area contributed by atoms with Crippen LogP contribution in [0.5, 0.6) is 0 Å². The second kappa shape index (κ2) is 10.3. The number of carbonyl (C=O) groups excluding carboxylic acids is 2. The molecule has 10 heteroatoms. The third-order valence-corrected chi connectivity index (χ3v) is 6.67. The van der Waals surface area contributed by atoms with Crippen LogP contribution in [0.1, 0.15) is 16.8 Å². The number of nitrogens with zero attached hydrogens (tertiary/aromatic N) is 3. The van der Waals surface area contributed by atoms with E-state index in [0.29, 0.717) is 5.69 Å². The third kappa shape index (κ3) is 5.78. The van der Waals surface area contributed by atoms with Gasteiger partial charge in [0.25, 0.3) is 10.0 Å². The van der Waals surface area contributed by atoms with E-state index in [0.717, 1.165) is 26.3 Å². The largest absolute Gasteiger partial charge is 0.467 e. The van der Waals surface area contributed by atoms with E-state index in [1.807, 2.05) is 37.3 Å². The van der Waals surface area contributed by atoms with Crippen molar-refractivity contribution < 1.29 is 27.5 Å². The summed E-state index contributed by atoms with van der Waals surface area (Å²) in [7, 11) is -1.22. The molecule has 3 aromatic rings. The Labute approximate surface area is 192 Å². The number of esters is 1. The lowest BCUT2D eigenvalue weighted by Gasteiger charge is -2.24. The van der Waals surface area contributed by atoms with Crippen molar-refractivity contribution in [3.05, 3.63) is 83.9 Å². The lowest BCUT2D eigenvalue weighted by Crippen LogP contribution is -2.44. The first-order valence-corrected chi connectivity index (χ1v) is 11.5. The number of likely N-dealkylation sites (N-methyl/N-ethyl adjacent to an activating group) is 1. The van der Waals surface area contributed by atoms with E-state index in [9.17, 15) is 18.0 Å². The van der Waals surface area contributed by atoms with Crippen LogP contribution in [-0.4, -0.2) is 54.5 Å². The molecule has 2 aromatic carbocycles. The van der Waals surface area contributed by atoms with E-state index in [2.05, 4.69) is 4.98 Å². The minimum atomic E-state index is -3.84. The highest BCUT2D eigenvalue weighted by Gasteiger charge is 2.30. The van der Waals surface area contributed by atoms with Crippen molar-refractivity contribution >= 4 is 22.1 Å². The lowest BCUT2D eigenvalue weighted by atomic mass is 10.1. The fourth-order valence-electron chi connectivity index (χ4n) is 3.07. The quantitative estimate of drug-likeness (QED) is 0.465. The number of ether oxygens (including phenoxy) is 2. The maximum absolute atomic E-state index is 12.8. The lowest BCUT2D eigenvalue weighted by molar-refractivity contribution is -0.146. The monoisotopic (exact) mass is 471 g/mol. The number of carbonyl (C=O) groups is 2. The number of methoxy groups -OCH3 is 1. The van der Waals surface area contributed by atoms with Crippen molar-refractivity contribution in [3.63, 3.8) is 0 Å². The summed E-state index contributed by atoms with van der Waals surface area (Å²) in [6.45, 7) is 1.90. The van der Waals surface area contributed by atoms with Crippen LogP contribution in [-0.2, 0) is 37.3 Å². The van der Waals surface area contributed by atoms with Gasteiger partial charge < -0.3 is 9.47 Å². The van der Waals surface area contributed by atoms with Crippen LogP contribution >= 0.6 is 0 Å². The van der Waals surface area contributed by atoms with Gasteiger partial charge in [0.15, 0.2) is 0 Å². The highest BCUT2D eigenvalue weighted by molar-refractivity contribution is 7.90. The summed E-state index contributed by atoms with van der Waals surface area (Å²) in [4.78, 5) is 30.2. The van der Waals surface area contributed by atoms with E-state index in [1.165, 1.54) is 32.5 Å². The summed E-state index contributed by atoms with van der Waals surface area (Å²) in [5, 5.41) is 0. The van der Waals surface area contributed by atoms with E-state index >= 15 is 0 Å². The first kappa shape index (κ1) is 24.0. The minimum Gasteiger partial charge on any atom is -0.467 e. The summed E-state index contributed by atoms with van der Waals surface area (Å²) in [5.74, 6) is -0.676. The Balaban J connectivity index is 1.74. The molecule has 1 aromatic heterocycles. The van der Waals surface area contributed by atoms with Gasteiger partial charge in [-0.25, -0.2) is 27.0 Å². The predicted molar refractivity (Wildman–Crippen MR) is 120 cm³/mol.